The number of aliphatic imine (C=N–C) groups is 1. The quantitative estimate of drug-likeness (QED) is 0.521. The average Bonchev–Trinajstić information content (AvgIpc) is 2.11. The van der Waals surface area contributed by atoms with Gasteiger partial charge in [0.2, 0.25) is 0 Å². The minimum atomic E-state index is -0.475. The highest BCUT2D eigenvalue weighted by molar-refractivity contribution is 6.09. The fourth-order valence-electron chi connectivity index (χ4n) is 0.956. The van der Waals surface area contributed by atoms with Gasteiger partial charge in [0.05, 0.1) is 0 Å². The monoisotopic (exact) mass is 152 g/mol. The van der Waals surface area contributed by atoms with Gasteiger partial charge in [0.1, 0.15) is 6.07 Å². The zero-order chi connectivity index (χ0) is 8.27. The van der Waals surface area contributed by atoms with E-state index in [0.29, 0.717) is 6.54 Å². The maximum atomic E-state index is 12.9. The number of nitrogens with zero attached hydrogens (tertiary/aromatic N) is 2. The molecule has 0 saturated heterocycles. The first kappa shape index (κ1) is 7.93. The summed E-state index contributed by atoms with van der Waals surface area (Å²) in [4.78, 5) is 3.79. The highest BCUT2D eigenvalue weighted by Gasteiger charge is 2.11. The third kappa shape index (κ3) is 1.87. The standard InChI is InChI=1S/C8H9FN2/c1-6-2-3-11-8(5-10)7(9)4-6/h4,6H,2-3H2,1H3. The lowest BCUT2D eigenvalue weighted by molar-refractivity contribution is 0.630. The van der Waals surface area contributed by atoms with E-state index in [-0.39, 0.29) is 11.6 Å². The molecule has 0 amide bonds. The van der Waals surface area contributed by atoms with Crippen LogP contribution in [0.25, 0.3) is 0 Å². The maximum Gasteiger partial charge on any atom is 0.170 e. The van der Waals surface area contributed by atoms with Crippen molar-refractivity contribution in [1.82, 2.24) is 0 Å². The molecule has 0 fully saturated rings. The molecular formula is C8H9FN2. The summed E-state index contributed by atoms with van der Waals surface area (Å²) in [6, 6.07) is 1.72. The van der Waals surface area contributed by atoms with E-state index in [2.05, 4.69) is 4.99 Å². The molecule has 1 unspecified atom stereocenters. The Hall–Kier alpha value is -1.17. The van der Waals surface area contributed by atoms with Gasteiger partial charge in [-0.2, -0.15) is 5.26 Å². The minimum absolute atomic E-state index is 0.0608. The van der Waals surface area contributed by atoms with Gasteiger partial charge >= 0.3 is 0 Å². The van der Waals surface area contributed by atoms with Crippen LogP contribution >= 0.6 is 0 Å². The van der Waals surface area contributed by atoms with Crippen molar-refractivity contribution in [2.45, 2.75) is 13.3 Å². The summed E-state index contributed by atoms with van der Waals surface area (Å²) in [6.07, 6.45) is 2.27. The fourth-order valence-corrected chi connectivity index (χ4v) is 0.956. The molecule has 0 aliphatic carbocycles. The van der Waals surface area contributed by atoms with Crippen LogP contribution < -0.4 is 0 Å². The summed E-state index contributed by atoms with van der Waals surface area (Å²) < 4.78 is 12.9. The first-order valence-electron chi connectivity index (χ1n) is 3.56. The molecule has 0 spiro atoms. The maximum absolute atomic E-state index is 12.9. The summed E-state index contributed by atoms with van der Waals surface area (Å²) in [5.41, 5.74) is -0.0608. The van der Waals surface area contributed by atoms with E-state index in [1.54, 1.807) is 6.07 Å². The first-order valence-corrected chi connectivity index (χ1v) is 3.56. The summed E-state index contributed by atoms with van der Waals surface area (Å²) in [7, 11) is 0. The van der Waals surface area contributed by atoms with Crippen LogP contribution in [0.3, 0.4) is 0 Å². The van der Waals surface area contributed by atoms with Crippen molar-refractivity contribution in [3.63, 3.8) is 0 Å². The van der Waals surface area contributed by atoms with E-state index in [1.807, 2.05) is 6.92 Å². The number of rotatable bonds is 0. The predicted molar refractivity (Wildman–Crippen MR) is 40.9 cm³/mol. The van der Waals surface area contributed by atoms with Crippen LogP contribution in [0.2, 0.25) is 0 Å². The largest absolute Gasteiger partial charge is 0.272 e. The van der Waals surface area contributed by atoms with Crippen molar-refractivity contribution in [2.75, 3.05) is 6.54 Å². The zero-order valence-corrected chi connectivity index (χ0v) is 6.34. The Morgan fingerprint density at radius 3 is 3.18 bits per heavy atom. The lowest BCUT2D eigenvalue weighted by atomic mass is 10.1. The Bertz CT molecular complexity index is 247. The predicted octanol–water partition coefficient (Wildman–Crippen LogP) is 1.84. The molecule has 58 valence electrons. The number of halogens is 1. The molecular weight excluding hydrogens is 143 g/mol. The van der Waals surface area contributed by atoms with Gasteiger partial charge in [0.15, 0.2) is 11.5 Å². The zero-order valence-electron chi connectivity index (χ0n) is 6.34. The molecule has 11 heavy (non-hydrogen) atoms. The first-order chi connectivity index (χ1) is 5.24. The van der Waals surface area contributed by atoms with Gasteiger partial charge in [0.25, 0.3) is 0 Å². The van der Waals surface area contributed by atoms with Crippen LogP contribution in [0.4, 0.5) is 4.39 Å². The molecule has 0 bridgehead atoms. The molecule has 1 rings (SSSR count). The summed E-state index contributed by atoms with van der Waals surface area (Å²) in [5, 5.41) is 8.41. The third-order valence-electron chi connectivity index (χ3n) is 1.62. The van der Waals surface area contributed by atoms with Crippen LogP contribution in [-0.4, -0.2) is 12.3 Å². The van der Waals surface area contributed by atoms with Crippen LogP contribution in [0.1, 0.15) is 13.3 Å². The van der Waals surface area contributed by atoms with Gasteiger partial charge in [-0.3, -0.25) is 4.99 Å². The van der Waals surface area contributed by atoms with E-state index in [9.17, 15) is 4.39 Å². The minimum Gasteiger partial charge on any atom is -0.272 e. The Labute approximate surface area is 65.1 Å². The Kier molecular flexibility index (Phi) is 2.37. The molecule has 0 N–H and O–H groups in total. The van der Waals surface area contributed by atoms with Gasteiger partial charge in [-0.05, 0) is 18.4 Å². The topological polar surface area (TPSA) is 36.1 Å². The van der Waals surface area contributed by atoms with Crippen molar-refractivity contribution in [3.05, 3.63) is 11.9 Å². The Morgan fingerprint density at radius 1 is 1.82 bits per heavy atom. The Balaban J connectivity index is 2.88. The fraction of sp³-hybridized carbons (Fsp3) is 0.500. The van der Waals surface area contributed by atoms with E-state index in [0.717, 1.165) is 6.42 Å². The van der Waals surface area contributed by atoms with Crippen molar-refractivity contribution < 1.29 is 4.39 Å². The van der Waals surface area contributed by atoms with Crippen LogP contribution in [0, 0.1) is 17.2 Å². The van der Waals surface area contributed by atoms with Gasteiger partial charge in [-0.15, -0.1) is 0 Å². The smallest absolute Gasteiger partial charge is 0.170 e. The van der Waals surface area contributed by atoms with E-state index >= 15 is 0 Å². The number of nitriles is 1. The van der Waals surface area contributed by atoms with E-state index in [4.69, 9.17) is 5.26 Å². The van der Waals surface area contributed by atoms with Gasteiger partial charge in [0, 0.05) is 6.54 Å². The molecule has 1 aliphatic rings. The Morgan fingerprint density at radius 2 is 2.55 bits per heavy atom. The second-order valence-corrected chi connectivity index (χ2v) is 2.62. The summed E-state index contributed by atoms with van der Waals surface area (Å²) in [6.45, 7) is 2.46. The summed E-state index contributed by atoms with van der Waals surface area (Å²) in [5.74, 6) is -0.290. The highest BCUT2D eigenvalue weighted by Crippen LogP contribution is 2.14. The molecule has 0 radical (unpaired) electrons. The lowest BCUT2D eigenvalue weighted by Crippen LogP contribution is -1.93. The van der Waals surface area contributed by atoms with E-state index < -0.39 is 5.83 Å². The van der Waals surface area contributed by atoms with Crippen molar-refractivity contribution >= 4 is 5.71 Å². The van der Waals surface area contributed by atoms with Gasteiger partial charge in [-0.1, -0.05) is 6.92 Å². The molecule has 1 heterocycles. The number of hydrogen-bond acceptors (Lipinski definition) is 2. The van der Waals surface area contributed by atoms with Gasteiger partial charge in [-0.25, -0.2) is 4.39 Å². The average molecular weight is 152 g/mol. The van der Waals surface area contributed by atoms with Crippen LogP contribution in [0.15, 0.2) is 16.9 Å². The lowest BCUT2D eigenvalue weighted by Gasteiger charge is -1.97. The highest BCUT2D eigenvalue weighted by atomic mass is 19.1. The molecule has 0 aromatic carbocycles. The molecule has 0 aromatic heterocycles. The van der Waals surface area contributed by atoms with Crippen molar-refractivity contribution in [1.29, 1.82) is 5.26 Å². The van der Waals surface area contributed by atoms with Crippen LogP contribution in [-0.2, 0) is 0 Å². The van der Waals surface area contributed by atoms with Crippen molar-refractivity contribution in [2.24, 2.45) is 10.9 Å². The normalized spacial score (nSPS) is 24.6. The molecule has 1 atom stereocenters. The van der Waals surface area contributed by atoms with E-state index in [1.165, 1.54) is 6.08 Å². The molecule has 2 nitrogen and oxygen atoms in total. The SMILES string of the molecule is CC1C=C(F)C(C#N)=NCC1. The molecule has 0 saturated carbocycles. The second-order valence-electron chi connectivity index (χ2n) is 2.62. The van der Waals surface area contributed by atoms with Crippen molar-refractivity contribution in [3.8, 4) is 6.07 Å². The molecule has 3 heteroatoms. The second kappa shape index (κ2) is 3.29. The third-order valence-corrected chi connectivity index (χ3v) is 1.62. The number of hydrogen-bond donors (Lipinski definition) is 0. The number of allylic oxidation sites excluding steroid dienone is 2. The summed E-state index contributed by atoms with van der Waals surface area (Å²) >= 11 is 0. The van der Waals surface area contributed by atoms with Gasteiger partial charge < -0.3 is 0 Å². The molecule has 1 aliphatic heterocycles. The van der Waals surface area contributed by atoms with Crippen LogP contribution in [0.5, 0.6) is 0 Å². The molecule has 0 aromatic rings.